The Kier molecular flexibility index (Phi) is 4.23. The second-order valence-corrected chi connectivity index (χ2v) is 5.74. The maximum Gasteiger partial charge on any atom is 0.257 e. The van der Waals surface area contributed by atoms with E-state index < -0.39 is 0 Å². The first-order chi connectivity index (χ1) is 8.58. The van der Waals surface area contributed by atoms with Gasteiger partial charge in [-0.25, -0.2) is 0 Å². The lowest BCUT2D eigenvalue weighted by Crippen LogP contribution is -2.14. The summed E-state index contributed by atoms with van der Waals surface area (Å²) in [6.45, 7) is 0. The third kappa shape index (κ3) is 3.02. The quantitative estimate of drug-likeness (QED) is 0.576. The predicted molar refractivity (Wildman–Crippen MR) is 85.7 cm³/mol. The maximum absolute atomic E-state index is 12.1. The van der Waals surface area contributed by atoms with Crippen LogP contribution in [0.2, 0.25) is 0 Å². The molecule has 0 saturated carbocycles. The molecule has 0 spiro atoms. The molecule has 0 aromatic heterocycles. The van der Waals surface area contributed by atoms with Crippen molar-refractivity contribution in [1.82, 2.24) is 0 Å². The highest BCUT2D eigenvalue weighted by Gasteiger charge is 2.10. The van der Waals surface area contributed by atoms with Gasteiger partial charge in [-0.05, 0) is 52.9 Å². The van der Waals surface area contributed by atoms with Crippen LogP contribution in [-0.2, 0) is 0 Å². The fourth-order valence-corrected chi connectivity index (χ4v) is 2.32. The van der Waals surface area contributed by atoms with Crippen LogP contribution in [0.3, 0.4) is 0 Å². The largest absolute Gasteiger partial charge is 0.398 e. The van der Waals surface area contributed by atoms with Crippen molar-refractivity contribution >= 4 is 55.8 Å². The minimum atomic E-state index is -0.205. The number of rotatable bonds is 2. The molecule has 3 nitrogen and oxygen atoms in total. The number of nitrogen functional groups attached to an aromatic ring is 1. The third-order valence-corrected chi connectivity index (χ3v) is 3.82. The summed E-state index contributed by atoms with van der Waals surface area (Å²) >= 11 is 5.55. The Bertz CT molecular complexity index is 601. The van der Waals surface area contributed by atoms with Crippen LogP contribution in [0.5, 0.6) is 0 Å². The van der Waals surface area contributed by atoms with Gasteiger partial charge in [0.2, 0.25) is 0 Å². The minimum absolute atomic E-state index is 0.205. The molecule has 0 fully saturated rings. The van der Waals surface area contributed by atoms with Crippen molar-refractivity contribution in [2.45, 2.75) is 0 Å². The lowest BCUT2D eigenvalue weighted by Gasteiger charge is -2.09. The van der Waals surface area contributed by atoms with E-state index in [1.54, 1.807) is 24.3 Å². The number of nitrogens with one attached hydrogen (secondary N) is 1. The zero-order chi connectivity index (χ0) is 13.1. The van der Waals surface area contributed by atoms with E-state index in [1.165, 1.54) is 0 Å². The number of benzene rings is 2. The molecule has 92 valence electrons. The van der Waals surface area contributed by atoms with E-state index in [2.05, 4.69) is 43.8 Å². The second-order valence-electron chi connectivity index (χ2n) is 3.67. The molecular formula is C13H10BrIN2O. The molecule has 0 bridgehead atoms. The molecule has 2 aromatic rings. The summed E-state index contributed by atoms with van der Waals surface area (Å²) < 4.78 is 1.89. The normalized spacial score (nSPS) is 10.1. The van der Waals surface area contributed by atoms with E-state index in [1.807, 2.05) is 18.2 Å². The van der Waals surface area contributed by atoms with Crippen molar-refractivity contribution in [1.29, 1.82) is 0 Å². The van der Waals surface area contributed by atoms with Gasteiger partial charge in [0.1, 0.15) is 0 Å². The summed E-state index contributed by atoms with van der Waals surface area (Å²) in [5.41, 5.74) is 7.49. The second kappa shape index (κ2) is 5.71. The van der Waals surface area contributed by atoms with Gasteiger partial charge in [-0.3, -0.25) is 4.79 Å². The van der Waals surface area contributed by atoms with Gasteiger partial charge in [0.15, 0.2) is 0 Å². The van der Waals surface area contributed by atoms with Gasteiger partial charge in [-0.1, -0.05) is 28.1 Å². The highest BCUT2D eigenvalue weighted by molar-refractivity contribution is 14.1. The number of carbonyl (C=O) groups excluding carboxylic acids is 1. The maximum atomic E-state index is 12.1. The zero-order valence-corrected chi connectivity index (χ0v) is 13.0. The van der Waals surface area contributed by atoms with E-state index in [9.17, 15) is 4.79 Å². The van der Waals surface area contributed by atoms with Crippen LogP contribution in [0.15, 0.2) is 46.9 Å². The van der Waals surface area contributed by atoms with Crippen LogP contribution in [0.1, 0.15) is 10.4 Å². The molecule has 0 heterocycles. The number of carbonyl (C=O) groups is 1. The standard InChI is InChI=1S/C13H10BrIN2O/c14-8-5-6-10(15)12(7-8)17-13(18)9-3-1-2-4-11(9)16/h1-7H,16H2,(H,17,18). The van der Waals surface area contributed by atoms with Crippen molar-refractivity contribution in [2.75, 3.05) is 11.1 Å². The van der Waals surface area contributed by atoms with Crippen LogP contribution in [0, 0.1) is 3.57 Å². The van der Waals surface area contributed by atoms with Gasteiger partial charge >= 0.3 is 0 Å². The van der Waals surface area contributed by atoms with Crippen LogP contribution in [0.4, 0.5) is 11.4 Å². The first-order valence-corrected chi connectivity index (χ1v) is 7.06. The molecule has 18 heavy (non-hydrogen) atoms. The minimum Gasteiger partial charge on any atom is -0.398 e. The molecule has 0 atom stereocenters. The molecule has 0 saturated heterocycles. The lowest BCUT2D eigenvalue weighted by molar-refractivity contribution is 0.102. The van der Waals surface area contributed by atoms with Gasteiger partial charge in [-0.2, -0.15) is 0 Å². The summed E-state index contributed by atoms with van der Waals surface area (Å²) in [7, 11) is 0. The number of amides is 1. The van der Waals surface area contributed by atoms with Crippen LogP contribution in [-0.4, -0.2) is 5.91 Å². The third-order valence-electron chi connectivity index (χ3n) is 2.38. The average molecular weight is 417 g/mol. The Balaban J connectivity index is 2.27. The molecule has 0 unspecified atom stereocenters. The Morgan fingerprint density at radius 1 is 1.22 bits per heavy atom. The fraction of sp³-hybridized carbons (Fsp3) is 0. The van der Waals surface area contributed by atoms with Crippen molar-refractivity contribution in [2.24, 2.45) is 0 Å². The molecular weight excluding hydrogens is 407 g/mol. The van der Waals surface area contributed by atoms with E-state index in [0.29, 0.717) is 11.3 Å². The van der Waals surface area contributed by atoms with Crippen LogP contribution in [0.25, 0.3) is 0 Å². The molecule has 0 aliphatic heterocycles. The average Bonchev–Trinajstić information content (AvgIpc) is 2.34. The SMILES string of the molecule is Nc1ccccc1C(=O)Nc1cc(Br)ccc1I. The first kappa shape index (κ1) is 13.4. The summed E-state index contributed by atoms with van der Waals surface area (Å²) in [6, 6.07) is 12.7. The van der Waals surface area contributed by atoms with Crippen LogP contribution < -0.4 is 11.1 Å². The molecule has 0 radical (unpaired) electrons. The number of anilines is 2. The van der Waals surface area contributed by atoms with Gasteiger partial charge in [0.05, 0.1) is 11.3 Å². The van der Waals surface area contributed by atoms with Gasteiger partial charge in [0, 0.05) is 13.7 Å². The van der Waals surface area contributed by atoms with Crippen LogP contribution >= 0.6 is 38.5 Å². The number of hydrogen-bond donors (Lipinski definition) is 2. The Hall–Kier alpha value is -1.08. The predicted octanol–water partition coefficient (Wildman–Crippen LogP) is 3.89. The molecule has 5 heteroatoms. The van der Waals surface area contributed by atoms with Gasteiger partial charge < -0.3 is 11.1 Å². The smallest absolute Gasteiger partial charge is 0.257 e. The fourth-order valence-electron chi connectivity index (χ4n) is 1.49. The summed E-state index contributed by atoms with van der Waals surface area (Å²) in [4.78, 5) is 12.1. The van der Waals surface area contributed by atoms with Gasteiger partial charge in [0.25, 0.3) is 5.91 Å². The van der Waals surface area contributed by atoms with E-state index >= 15 is 0 Å². The van der Waals surface area contributed by atoms with Crippen molar-refractivity contribution in [3.8, 4) is 0 Å². The summed E-state index contributed by atoms with van der Waals surface area (Å²) in [6.07, 6.45) is 0. The summed E-state index contributed by atoms with van der Waals surface area (Å²) in [5.74, 6) is -0.205. The molecule has 3 N–H and O–H groups in total. The first-order valence-electron chi connectivity index (χ1n) is 5.19. The molecule has 0 aliphatic rings. The monoisotopic (exact) mass is 416 g/mol. The topological polar surface area (TPSA) is 55.1 Å². The molecule has 0 aliphatic carbocycles. The Morgan fingerprint density at radius 2 is 1.94 bits per heavy atom. The summed E-state index contributed by atoms with van der Waals surface area (Å²) in [5, 5.41) is 2.85. The van der Waals surface area contributed by atoms with Gasteiger partial charge in [-0.15, -0.1) is 0 Å². The Labute approximate surface area is 127 Å². The van der Waals surface area contributed by atoms with Crippen molar-refractivity contribution in [3.05, 3.63) is 56.1 Å². The molecule has 2 aromatic carbocycles. The highest BCUT2D eigenvalue weighted by atomic mass is 127. The lowest BCUT2D eigenvalue weighted by atomic mass is 10.1. The number of hydrogen-bond acceptors (Lipinski definition) is 2. The van der Waals surface area contributed by atoms with Crippen molar-refractivity contribution < 1.29 is 4.79 Å². The number of nitrogens with two attached hydrogens (primary N) is 1. The Morgan fingerprint density at radius 3 is 2.67 bits per heavy atom. The molecule has 2 rings (SSSR count). The van der Waals surface area contributed by atoms with E-state index in [0.717, 1.165) is 13.7 Å². The molecule has 1 amide bonds. The van der Waals surface area contributed by atoms with Crippen molar-refractivity contribution in [3.63, 3.8) is 0 Å². The highest BCUT2D eigenvalue weighted by Crippen LogP contribution is 2.24. The van der Waals surface area contributed by atoms with E-state index in [-0.39, 0.29) is 5.91 Å². The zero-order valence-electron chi connectivity index (χ0n) is 9.28. The number of para-hydroxylation sites is 1. The number of halogens is 2. The van der Waals surface area contributed by atoms with E-state index in [4.69, 9.17) is 5.73 Å².